The van der Waals surface area contributed by atoms with Crippen LogP contribution in [0.1, 0.15) is 18.2 Å². The summed E-state index contributed by atoms with van der Waals surface area (Å²) in [6, 6.07) is 1.76. The summed E-state index contributed by atoms with van der Waals surface area (Å²) in [7, 11) is 0. The van der Waals surface area contributed by atoms with Gasteiger partial charge in [-0.2, -0.15) is 26.3 Å². The fourth-order valence-corrected chi connectivity index (χ4v) is 1.17. The zero-order valence-electron chi connectivity index (χ0n) is 9.19. The van der Waals surface area contributed by atoms with Crippen molar-refractivity contribution in [2.45, 2.75) is 25.7 Å². The Morgan fingerprint density at radius 3 is 2.17 bits per heavy atom. The first-order chi connectivity index (χ1) is 8.13. The van der Waals surface area contributed by atoms with Gasteiger partial charge in [0.25, 0.3) is 0 Å². The van der Waals surface area contributed by atoms with Gasteiger partial charge in [-0.15, -0.1) is 0 Å². The van der Waals surface area contributed by atoms with Crippen LogP contribution in [0.3, 0.4) is 0 Å². The predicted molar refractivity (Wildman–Crippen MR) is 50.2 cm³/mol. The Morgan fingerprint density at radius 2 is 1.72 bits per heavy atom. The molecular weight excluding hydrogens is 264 g/mol. The summed E-state index contributed by atoms with van der Waals surface area (Å²) in [5, 5.41) is 0. The largest absolute Gasteiger partial charge is 0.468 e. The Hall–Kier alpha value is -1.47. The minimum Gasteiger partial charge on any atom is -0.468 e. The molecule has 1 aromatic rings. The molecule has 0 fully saturated rings. The molecule has 102 valence electrons. The highest BCUT2D eigenvalue weighted by Crippen LogP contribution is 2.30. The fraction of sp³-hybridized carbons (Fsp3) is 0.500. The number of aromatic nitrogens is 1. The molecule has 1 rings (SSSR count). The molecule has 1 heterocycles. The van der Waals surface area contributed by atoms with Crippen molar-refractivity contribution in [3.8, 4) is 5.88 Å². The maximum absolute atomic E-state index is 12.3. The van der Waals surface area contributed by atoms with Gasteiger partial charge in [0, 0.05) is 5.56 Å². The van der Waals surface area contributed by atoms with Gasteiger partial charge in [-0.25, -0.2) is 4.98 Å². The average molecular weight is 273 g/mol. The number of ether oxygens (including phenoxy) is 1. The highest BCUT2D eigenvalue weighted by molar-refractivity contribution is 5.29. The first-order valence-electron chi connectivity index (χ1n) is 4.90. The lowest BCUT2D eigenvalue weighted by molar-refractivity contribution is -0.155. The summed E-state index contributed by atoms with van der Waals surface area (Å²) in [4.78, 5) is 3.07. The van der Waals surface area contributed by atoms with Crippen LogP contribution in [-0.2, 0) is 12.6 Å². The maximum Gasteiger partial charge on any atom is 0.433 e. The molecule has 0 saturated carbocycles. The summed E-state index contributed by atoms with van der Waals surface area (Å²) in [6.45, 7) is -0.0982. The molecular formula is C10H9F6NO. The quantitative estimate of drug-likeness (QED) is 0.785. The van der Waals surface area contributed by atoms with Crippen LogP contribution in [0, 0.1) is 0 Å². The van der Waals surface area contributed by atoms with Crippen LogP contribution in [-0.4, -0.2) is 17.8 Å². The number of halogens is 6. The van der Waals surface area contributed by atoms with Crippen LogP contribution < -0.4 is 4.74 Å². The molecule has 0 aliphatic rings. The van der Waals surface area contributed by atoms with Crippen LogP contribution in [0.25, 0.3) is 0 Å². The highest BCUT2D eigenvalue weighted by atomic mass is 19.4. The lowest BCUT2D eigenvalue weighted by Gasteiger charge is -2.13. The van der Waals surface area contributed by atoms with Gasteiger partial charge in [0.1, 0.15) is 5.69 Å². The zero-order chi connectivity index (χ0) is 14.0. The van der Waals surface area contributed by atoms with Crippen molar-refractivity contribution in [1.29, 1.82) is 0 Å². The predicted octanol–water partition coefficient (Wildman–Crippen LogP) is 3.60. The van der Waals surface area contributed by atoms with Crippen molar-refractivity contribution in [2.24, 2.45) is 0 Å². The van der Waals surface area contributed by atoms with E-state index in [-0.39, 0.29) is 12.0 Å². The van der Waals surface area contributed by atoms with Gasteiger partial charge in [-0.05, 0) is 12.5 Å². The first-order valence-corrected chi connectivity index (χ1v) is 4.90. The summed E-state index contributed by atoms with van der Waals surface area (Å²) in [5.41, 5.74) is -1.09. The van der Waals surface area contributed by atoms with E-state index in [1.165, 1.54) is 0 Å². The van der Waals surface area contributed by atoms with Crippen molar-refractivity contribution < 1.29 is 31.1 Å². The Bertz CT molecular complexity index is 412. The SMILES string of the molecule is CCc1ccc(C(F)(F)F)nc1OCC(F)(F)F. The second-order valence-electron chi connectivity index (χ2n) is 3.42. The molecule has 0 bridgehead atoms. The van der Waals surface area contributed by atoms with E-state index in [1.807, 2.05) is 0 Å². The summed E-state index contributed by atoms with van der Waals surface area (Å²) in [6.07, 6.45) is -9.12. The molecule has 0 aliphatic carbocycles. The van der Waals surface area contributed by atoms with E-state index in [0.29, 0.717) is 6.07 Å². The van der Waals surface area contributed by atoms with Crippen LogP contribution in [0.5, 0.6) is 5.88 Å². The summed E-state index contributed by atoms with van der Waals surface area (Å²) < 4.78 is 77.1. The molecule has 0 aliphatic heterocycles. The van der Waals surface area contributed by atoms with E-state index in [4.69, 9.17) is 0 Å². The third-order valence-corrected chi connectivity index (χ3v) is 1.98. The Balaban J connectivity index is 3.00. The number of hydrogen-bond acceptors (Lipinski definition) is 2. The van der Waals surface area contributed by atoms with Gasteiger partial charge in [-0.1, -0.05) is 13.0 Å². The van der Waals surface area contributed by atoms with Gasteiger partial charge < -0.3 is 4.74 Å². The lowest BCUT2D eigenvalue weighted by atomic mass is 10.2. The molecule has 0 amide bonds. The average Bonchev–Trinajstić information content (AvgIpc) is 2.23. The second-order valence-corrected chi connectivity index (χ2v) is 3.42. The Kier molecular flexibility index (Phi) is 4.08. The smallest absolute Gasteiger partial charge is 0.433 e. The molecule has 0 N–H and O–H groups in total. The number of hydrogen-bond donors (Lipinski definition) is 0. The molecule has 2 nitrogen and oxygen atoms in total. The molecule has 0 radical (unpaired) electrons. The molecule has 0 spiro atoms. The van der Waals surface area contributed by atoms with Crippen molar-refractivity contribution in [3.05, 3.63) is 23.4 Å². The number of pyridine rings is 1. The summed E-state index contributed by atoms with van der Waals surface area (Å²) in [5.74, 6) is -0.635. The fourth-order valence-electron chi connectivity index (χ4n) is 1.17. The van der Waals surface area contributed by atoms with Gasteiger partial charge in [0.2, 0.25) is 5.88 Å². The standard InChI is InChI=1S/C10H9F6NO/c1-2-6-3-4-7(10(14,15)16)17-8(6)18-5-9(11,12)13/h3-4H,2,5H2,1H3. The van der Waals surface area contributed by atoms with Gasteiger partial charge in [-0.3, -0.25) is 0 Å². The van der Waals surface area contributed by atoms with E-state index in [0.717, 1.165) is 6.07 Å². The monoisotopic (exact) mass is 273 g/mol. The van der Waals surface area contributed by atoms with Gasteiger partial charge in [0.15, 0.2) is 6.61 Å². The number of alkyl halides is 6. The van der Waals surface area contributed by atoms with E-state index in [9.17, 15) is 26.3 Å². The van der Waals surface area contributed by atoms with E-state index in [2.05, 4.69) is 9.72 Å². The van der Waals surface area contributed by atoms with Crippen molar-refractivity contribution >= 4 is 0 Å². The first kappa shape index (κ1) is 14.6. The maximum atomic E-state index is 12.3. The van der Waals surface area contributed by atoms with E-state index < -0.39 is 30.5 Å². The number of nitrogens with zero attached hydrogens (tertiary/aromatic N) is 1. The molecule has 0 saturated heterocycles. The van der Waals surface area contributed by atoms with Crippen LogP contribution in [0.2, 0.25) is 0 Å². The van der Waals surface area contributed by atoms with Crippen molar-refractivity contribution in [1.82, 2.24) is 4.98 Å². The third kappa shape index (κ3) is 4.08. The minimum absolute atomic E-state index is 0.187. The zero-order valence-corrected chi connectivity index (χ0v) is 9.19. The summed E-state index contributed by atoms with van der Waals surface area (Å²) >= 11 is 0. The highest BCUT2D eigenvalue weighted by Gasteiger charge is 2.34. The third-order valence-electron chi connectivity index (χ3n) is 1.98. The van der Waals surface area contributed by atoms with Crippen molar-refractivity contribution in [2.75, 3.05) is 6.61 Å². The normalized spacial score (nSPS) is 12.6. The molecule has 18 heavy (non-hydrogen) atoms. The van der Waals surface area contributed by atoms with Crippen LogP contribution in [0.15, 0.2) is 12.1 Å². The van der Waals surface area contributed by atoms with Crippen molar-refractivity contribution in [3.63, 3.8) is 0 Å². The molecule has 8 heteroatoms. The minimum atomic E-state index is -4.72. The molecule has 0 unspecified atom stereocenters. The lowest BCUT2D eigenvalue weighted by Crippen LogP contribution is -2.21. The topological polar surface area (TPSA) is 22.1 Å². The van der Waals surface area contributed by atoms with Gasteiger partial charge in [0.05, 0.1) is 0 Å². The van der Waals surface area contributed by atoms with E-state index >= 15 is 0 Å². The Morgan fingerprint density at radius 1 is 1.11 bits per heavy atom. The number of rotatable bonds is 3. The number of aryl methyl sites for hydroxylation is 1. The molecule has 1 aromatic heterocycles. The second kappa shape index (κ2) is 5.03. The van der Waals surface area contributed by atoms with E-state index in [1.54, 1.807) is 6.92 Å². The van der Waals surface area contributed by atoms with Crippen LogP contribution in [0.4, 0.5) is 26.3 Å². The Labute approximate surface area is 98.6 Å². The van der Waals surface area contributed by atoms with Crippen LogP contribution >= 0.6 is 0 Å². The molecule has 0 atom stereocenters. The molecule has 0 aromatic carbocycles. The van der Waals surface area contributed by atoms with Gasteiger partial charge >= 0.3 is 12.4 Å².